The minimum absolute atomic E-state index is 0.0383. The Hall–Kier alpha value is -2.33. The third kappa shape index (κ3) is 2.90. The zero-order valence-corrected chi connectivity index (χ0v) is 11.8. The van der Waals surface area contributed by atoms with Crippen molar-refractivity contribution in [2.75, 3.05) is 7.05 Å². The topological polar surface area (TPSA) is 37.8 Å². The maximum Gasteiger partial charge on any atom is 0.141 e. The summed E-state index contributed by atoms with van der Waals surface area (Å²) in [6.45, 7) is 0. The highest BCUT2D eigenvalue weighted by Gasteiger charge is 2.13. The number of nitrogens with one attached hydrogen (secondary N) is 1. The number of likely N-dealkylation sites (N-methyl/N-ethyl adjacent to an activating group) is 1. The van der Waals surface area contributed by atoms with Gasteiger partial charge < -0.3 is 5.32 Å². The average Bonchev–Trinajstić information content (AvgIpc) is 2.54. The monoisotopic (exact) mass is 281 g/mol. The fourth-order valence-electron chi connectivity index (χ4n) is 2.50. The molecule has 0 aliphatic carbocycles. The number of nitrogens with zero attached hydrogens (tertiary/aromatic N) is 2. The van der Waals surface area contributed by atoms with Crippen molar-refractivity contribution in [3.05, 3.63) is 71.9 Å². The van der Waals surface area contributed by atoms with Crippen molar-refractivity contribution in [2.24, 2.45) is 0 Å². The Labute approximate surface area is 122 Å². The number of hydrogen-bond acceptors (Lipinski definition) is 3. The second kappa shape index (κ2) is 5.97. The van der Waals surface area contributed by atoms with E-state index in [4.69, 9.17) is 0 Å². The third-order valence-corrected chi connectivity index (χ3v) is 3.62. The summed E-state index contributed by atoms with van der Waals surface area (Å²) in [6.07, 6.45) is 3.85. The van der Waals surface area contributed by atoms with Crippen LogP contribution in [-0.2, 0) is 6.42 Å². The van der Waals surface area contributed by atoms with Crippen LogP contribution in [0.3, 0.4) is 0 Å². The molecule has 3 rings (SSSR count). The Kier molecular flexibility index (Phi) is 3.88. The van der Waals surface area contributed by atoms with E-state index in [9.17, 15) is 4.39 Å². The van der Waals surface area contributed by atoms with Crippen molar-refractivity contribution in [3.63, 3.8) is 0 Å². The van der Waals surface area contributed by atoms with Crippen LogP contribution in [0.2, 0.25) is 0 Å². The Morgan fingerprint density at radius 1 is 1.10 bits per heavy atom. The van der Waals surface area contributed by atoms with Crippen molar-refractivity contribution in [3.8, 4) is 0 Å². The summed E-state index contributed by atoms with van der Waals surface area (Å²) in [7, 11) is 1.89. The molecule has 0 bridgehead atoms. The van der Waals surface area contributed by atoms with Gasteiger partial charge in [0.05, 0.1) is 23.4 Å². The number of pyridine rings is 2. The van der Waals surface area contributed by atoms with Gasteiger partial charge in [0.2, 0.25) is 0 Å². The predicted octanol–water partition coefficient (Wildman–Crippen LogP) is 3.27. The lowest BCUT2D eigenvalue weighted by molar-refractivity contribution is 0.567. The third-order valence-electron chi connectivity index (χ3n) is 3.62. The van der Waals surface area contributed by atoms with Gasteiger partial charge in [0.15, 0.2) is 0 Å². The van der Waals surface area contributed by atoms with Crippen LogP contribution in [0, 0.1) is 5.82 Å². The summed E-state index contributed by atoms with van der Waals surface area (Å²) in [5.41, 5.74) is 3.02. The van der Waals surface area contributed by atoms with Crippen LogP contribution in [0.15, 0.2) is 54.9 Å². The van der Waals surface area contributed by atoms with Gasteiger partial charge in [0, 0.05) is 11.6 Å². The van der Waals surface area contributed by atoms with Crippen molar-refractivity contribution in [1.29, 1.82) is 0 Å². The normalized spacial score (nSPS) is 12.5. The zero-order valence-electron chi connectivity index (χ0n) is 11.8. The smallest absolute Gasteiger partial charge is 0.141 e. The Morgan fingerprint density at radius 3 is 2.71 bits per heavy atom. The molecule has 4 heteroatoms. The van der Waals surface area contributed by atoms with Crippen LogP contribution in [0.25, 0.3) is 10.9 Å². The minimum atomic E-state index is -0.317. The van der Waals surface area contributed by atoms with E-state index in [-0.39, 0.29) is 11.9 Å². The summed E-state index contributed by atoms with van der Waals surface area (Å²) >= 11 is 0. The van der Waals surface area contributed by atoms with E-state index in [1.165, 1.54) is 17.8 Å². The van der Waals surface area contributed by atoms with E-state index >= 15 is 0 Å². The van der Waals surface area contributed by atoms with E-state index < -0.39 is 0 Å². The van der Waals surface area contributed by atoms with Crippen LogP contribution >= 0.6 is 0 Å². The SMILES string of the molecule is CNC(Cc1ccnc2ccccc12)c1ccc(F)cn1. The van der Waals surface area contributed by atoms with Crippen molar-refractivity contribution < 1.29 is 4.39 Å². The first kappa shape index (κ1) is 13.6. The highest BCUT2D eigenvalue weighted by atomic mass is 19.1. The fourth-order valence-corrected chi connectivity index (χ4v) is 2.50. The van der Waals surface area contributed by atoms with Crippen LogP contribution in [0.4, 0.5) is 4.39 Å². The Bertz CT molecular complexity index is 735. The molecule has 106 valence electrons. The molecule has 2 heterocycles. The molecule has 0 saturated heterocycles. The Balaban J connectivity index is 1.94. The molecular formula is C17H16FN3. The first-order valence-electron chi connectivity index (χ1n) is 6.89. The van der Waals surface area contributed by atoms with E-state index in [0.717, 1.165) is 23.0 Å². The van der Waals surface area contributed by atoms with Gasteiger partial charge in [-0.3, -0.25) is 9.97 Å². The molecule has 3 nitrogen and oxygen atoms in total. The standard InChI is InChI=1S/C17H16FN3/c1-19-17(16-7-6-13(18)11-21-16)10-12-8-9-20-15-5-3-2-4-14(12)15/h2-9,11,17,19H,10H2,1H3. The molecule has 0 saturated carbocycles. The lowest BCUT2D eigenvalue weighted by Crippen LogP contribution is -2.20. The summed E-state index contributed by atoms with van der Waals surface area (Å²) in [5.74, 6) is -0.317. The maximum absolute atomic E-state index is 13.0. The van der Waals surface area contributed by atoms with Gasteiger partial charge in [-0.2, -0.15) is 0 Å². The molecule has 0 amide bonds. The van der Waals surface area contributed by atoms with Gasteiger partial charge in [-0.25, -0.2) is 4.39 Å². The van der Waals surface area contributed by atoms with E-state index in [1.807, 2.05) is 37.5 Å². The number of hydrogen-bond donors (Lipinski definition) is 1. The Morgan fingerprint density at radius 2 is 1.95 bits per heavy atom. The summed E-state index contributed by atoms with van der Waals surface area (Å²) in [5, 5.41) is 4.39. The molecule has 21 heavy (non-hydrogen) atoms. The highest BCUT2D eigenvalue weighted by Crippen LogP contribution is 2.22. The van der Waals surface area contributed by atoms with Crippen LogP contribution in [-0.4, -0.2) is 17.0 Å². The second-order valence-electron chi connectivity index (χ2n) is 4.93. The molecular weight excluding hydrogens is 265 g/mol. The van der Waals surface area contributed by atoms with Crippen LogP contribution in [0.1, 0.15) is 17.3 Å². The number of benzene rings is 1. The molecule has 0 aliphatic heterocycles. The van der Waals surface area contributed by atoms with Gasteiger partial charge in [-0.05, 0) is 43.3 Å². The lowest BCUT2D eigenvalue weighted by Gasteiger charge is -2.16. The molecule has 1 N–H and O–H groups in total. The summed E-state index contributed by atoms with van der Waals surface area (Å²) in [6, 6.07) is 13.3. The number of aromatic nitrogens is 2. The number of halogens is 1. The zero-order chi connectivity index (χ0) is 14.7. The van der Waals surface area contributed by atoms with Gasteiger partial charge >= 0.3 is 0 Å². The van der Waals surface area contributed by atoms with E-state index in [0.29, 0.717) is 0 Å². The molecule has 1 aromatic carbocycles. The molecule has 0 spiro atoms. The van der Waals surface area contributed by atoms with Gasteiger partial charge in [0.1, 0.15) is 5.82 Å². The van der Waals surface area contributed by atoms with E-state index in [2.05, 4.69) is 21.4 Å². The quantitative estimate of drug-likeness (QED) is 0.797. The number of fused-ring (bicyclic) bond motifs is 1. The number of para-hydroxylation sites is 1. The van der Waals surface area contributed by atoms with E-state index in [1.54, 1.807) is 6.07 Å². The lowest BCUT2D eigenvalue weighted by atomic mass is 9.99. The van der Waals surface area contributed by atoms with Gasteiger partial charge in [0.25, 0.3) is 0 Å². The highest BCUT2D eigenvalue weighted by molar-refractivity contribution is 5.81. The van der Waals surface area contributed by atoms with Gasteiger partial charge in [-0.1, -0.05) is 18.2 Å². The first-order valence-corrected chi connectivity index (χ1v) is 6.89. The van der Waals surface area contributed by atoms with Gasteiger partial charge in [-0.15, -0.1) is 0 Å². The molecule has 2 aromatic heterocycles. The average molecular weight is 281 g/mol. The molecule has 0 radical (unpaired) electrons. The number of rotatable bonds is 4. The van der Waals surface area contributed by atoms with Crippen molar-refractivity contribution in [2.45, 2.75) is 12.5 Å². The summed E-state index contributed by atoms with van der Waals surface area (Å²) < 4.78 is 13.0. The maximum atomic E-state index is 13.0. The predicted molar refractivity (Wildman–Crippen MR) is 81.4 cm³/mol. The fraction of sp³-hybridized carbons (Fsp3) is 0.176. The molecule has 0 aliphatic rings. The molecule has 1 unspecified atom stereocenters. The largest absolute Gasteiger partial charge is 0.311 e. The summed E-state index contributed by atoms with van der Waals surface area (Å²) in [4.78, 5) is 8.55. The molecule has 1 atom stereocenters. The van der Waals surface area contributed by atoms with Crippen LogP contribution < -0.4 is 5.32 Å². The van der Waals surface area contributed by atoms with Crippen molar-refractivity contribution >= 4 is 10.9 Å². The van der Waals surface area contributed by atoms with Crippen LogP contribution in [0.5, 0.6) is 0 Å². The van der Waals surface area contributed by atoms with Crippen molar-refractivity contribution in [1.82, 2.24) is 15.3 Å². The molecule has 3 aromatic rings. The second-order valence-corrected chi connectivity index (χ2v) is 4.93. The molecule has 0 fully saturated rings. The first-order chi connectivity index (χ1) is 10.3. The minimum Gasteiger partial charge on any atom is -0.311 e.